The normalized spacial score (nSPS) is 11.0. The highest BCUT2D eigenvalue weighted by Crippen LogP contribution is 2.37. The van der Waals surface area contributed by atoms with Gasteiger partial charge in [-0.1, -0.05) is 24.6 Å². The van der Waals surface area contributed by atoms with Gasteiger partial charge in [0.15, 0.2) is 5.65 Å². The molecule has 0 aliphatic carbocycles. The number of hydrogen-bond donors (Lipinski definition) is 1. The molecule has 6 heteroatoms. The molecule has 22 heavy (non-hydrogen) atoms. The van der Waals surface area contributed by atoms with Crippen molar-refractivity contribution in [1.82, 2.24) is 19.8 Å². The number of fused-ring (bicyclic) bond motifs is 1. The molecule has 0 N–H and O–H groups in total. The Hall–Kier alpha value is -2.08. The van der Waals surface area contributed by atoms with Crippen LogP contribution in [0, 0.1) is 0 Å². The van der Waals surface area contributed by atoms with Crippen LogP contribution < -0.4 is 4.74 Å². The smallest absolute Gasteiger partial charge is 0.157 e. The van der Waals surface area contributed by atoms with Crippen molar-refractivity contribution in [2.24, 2.45) is 0 Å². The Balaban J connectivity index is 2.08. The van der Waals surface area contributed by atoms with Gasteiger partial charge in [0.2, 0.25) is 0 Å². The van der Waals surface area contributed by atoms with Crippen LogP contribution in [-0.4, -0.2) is 26.9 Å². The number of benzene rings is 1. The third kappa shape index (κ3) is 2.66. The molecule has 3 aromatic rings. The fourth-order valence-corrected chi connectivity index (χ4v) is 2.87. The number of imidazole rings is 1. The summed E-state index contributed by atoms with van der Waals surface area (Å²) < 4.78 is 7.24. The average Bonchev–Trinajstić information content (AvgIpc) is 2.97. The van der Waals surface area contributed by atoms with Gasteiger partial charge in [0.05, 0.1) is 30.1 Å². The molecule has 0 amide bonds. The van der Waals surface area contributed by atoms with Gasteiger partial charge in [-0.25, -0.2) is 9.50 Å². The fourth-order valence-electron chi connectivity index (χ4n) is 2.48. The van der Waals surface area contributed by atoms with E-state index in [1.54, 1.807) is 17.8 Å². The Kier molecular flexibility index (Phi) is 4.29. The van der Waals surface area contributed by atoms with E-state index >= 15 is 0 Å². The molecular formula is C16H18N4OS. The number of rotatable bonds is 5. The van der Waals surface area contributed by atoms with Crippen molar-refractivity contribution >= 4 is 18.3 Å². The monoisotopic (exact) mass is 314 g/mol. The molecule has 1 aromatic carbocycles. The quantitative estimate of drug-likeness (QED) is 0.733. The lowest BCUT2D eigenvalue weighted by Gasteiger charge is -2.13. The van der Waals surface area contributed by atoms with Crippen LogP contribution in [0.1, 0.15) is 25.3 Å². The van der Waals surface area contributed by atoms with Gasteiger partial charge < -0.3 is 4.74 Å². The maximum atomic E-state index is 5.59. The molecule has 5 nitrogen and oxygen atoms in total. The molecule has 0 aliphatic heterocycles. The minimum Gasteiger partial charge on any atom is -0.495 e. The first-order chi connectivity index (χ1) is 10.7. The summed E-state index contributed by atoms with van der Waals surface area (Å²) >= 11 is 4.66. The first-order valence-corrected chi connectivity index (χ1v) is 7.75. The summed E-state index contributed by atoms with van der Waals surface area (Å²) in [5.74, 6) is 0.758. The molecular weight excluding hydrogens is 296 g/mol. The molecule has 0 saturated carbocycles. The van der Waals surface area contributed by atoms with E-state index < -0.39 is 0 Å². The van der Waals surface area contributed by atoms with Crippen LogP contribution in [0.3, 0.4) is 0 Å². The topological polar surface area (TPSA) is 52.3 Å². The second-order valence-electron chi connectivity index (χ2n) is 5.11. The molecule has 0 radical (unpaired) electrons. The zero-order valence-corrected chi connectivity index (χ0v) is 13.5. The molecule has 114 valence electrons. The van der Waals surface area contributed by atoms with Gasteiger partial charge in [-0.3, -0.25) is 0 Å². The Morgan fingerprint density at radius 1 is 1.27 bits per heavy atom. The minimum atomic E-state index is 0.753. The molecule has 0 unspecified atom stereocenters. The van der Waals surface area contributed by atoms with Gasteiger partial charge in [-0.05, 0) is 24.5 Å². The van der Waals surface area contributed by atoms with Crippen molar-refractivity contribution in [3.8, 4) is 17.0 Å². The summed E-state index contributed by atoms with van der Waals surface area (Å²) in [4.78, 5) is 5.46. The van der Waals surface area contributed by atoms with Crippen molar-refractivity contribution < 1.29 is 4.74 Å². The molecule has 2 aromatic heterocycles. The highest BCUT2D eigenvalue weighted by molar-refractivity contribution is 7.80. The second kappa shape index (κ2) is 6.36. The molecule has 2 heterocycles. The van der Waals surface area contributed by atoms with E-state index in [0.717, 1.165) is 46.8 Å². The van der Waals surface area contributed by atoms with E-state index in [1.165, 1.54) is 5.56 Å². The first-order valence-electron chi connectivity index (χ1n) is 7.31. The van der Waals surface area contributed by atoms with Crippen LogP contribution in [-0.2, 0) is 6.42 Å². The van der Waals surface area contributed by atoms with Crippen molar-refractivity contribution in [3.63, 3.8) is 0 Å². The van der Waals surface area contributed by atoms with Gasteiger partial charge >= 0.3 is 0 Å². The van der Waals surface area contributed by atoms with Crippen molar-refractivity contribution in [2.75, 3.05) is 7.11 Å². The molecule has 0 spiro atoms. The number of ether oxygens (including phenoxy) is 1. The number of methoxy groups -OCH3 is 1. The third-order valence-corrected chi connectivity index (χ3v) is 4.14. The van der Waals surface area contributed by atoms with Crippen LogP contribution in [0.4, 0.5) is 0 Å². The molecule has 0 atom stereocenters. The van der Waals surface area contributed by atoms with Crippen molar-refractivity contribution in [2.45, 2.75) is 31.1 Å². The average molecular weight is 314 g/mol. The van der Waals surface area contributed by atoms with Gasteiger partial charge in [-0.2, -0.15) is 0 Å². The predicted octanol–water partition coefficient (Wildman–Crippen LogP) is 3.43. The number of aryl methyl sites for hydroxylation is 1. The van der Waals surface area contributed by atoms with Crippen LogP contribution in [0.25, 0.3) is 16.9 Å². The zero-order valence-electron chi connectivity index (χ0n) is 12.7. The first kappa shape index (κ1) is 14.8. The molecule has 0 bridgehead atoms. The van der Waals surface area contributed by atoms with Gasteiger partial charge in [0.25, 0.3) is 0 Å². The Labute approximate surface area is 134 Å². The third-order valence-electron chi connectivity index (χ3n) is 3.65. The second-order valence-corrected chi connectivity index (χ2v) is 5.55. The summed E-state index contributed by atoms with van der Waals surface area (Å²) in [7, 11) is 1.66. The van der Waals surface area contributed by atoms with E-state index in [4.69, 9.17) is 4.74 Å². The Bertz CT molecular complexity index is 767. The largest absolute Gasteiger partial charge is 0.495 e. The van der Waals surface area contributed by atoms with Crippen LogP contribution in [0.2, 0.25) is 0 Å². The minimum absolute atomic E-state index is 0.753. The lowest BCUT2D eigenvalue weighted by Crippen LogP contribution is -1.95. The van der Waals surface area contributed by atoms with Crippen LogP contribution in [0.15, 0.2) is 35.5 Å². The summed E-state index contributed by atoms with van der Waals surface area (Å²) in [6.07, 6.45) is 6.77. The maximum absolute atomic E-state index is 5.59. The molecule has 0 saturated heterocycles. The SMILES string of the molecule is CCCCc1ccc(-c2cn3nnccc3n2)c(OC)c1S. The number of nitrogens with zero attached hydrogens (tertiary/aromatic N) is 4. The lowest BCUT2D eigenvalue weighted by molar-refractivity contribution is 0.405. The molecule has 0 fully saturated rings. The number of aromatic nitrogens is 4. The number of unbranched alkanes of at least 4 members (excludes halogenated alkanes) is 1. The van der Waals surface area contributed by atoms with Crippen LogP contribution >= 0.6 is 12.6 Å². The summed E-state index contributed by atoms with van der Waals surface area (Å²) in [5.41, 5.74) is 3.67. The zero-order chi connectivity index (χ0) is 15.5. The standard InChI is InChI=1S/C16H18N4OS/c1-3-4-5-11-6-7-12(15(21-2)16(11)22)13-10-20-14(18-13)8-9-17-19-20/h6-10,22H,3-5H2,1-2H3. The van der Waals surface area contributed by atoms with Gasteiger partial charge in [0, 0.05) is 11.6 Å². The Morgan fingerprint density at radius 3 is 2.86 bits per heavy atom. The van der Waals surface area contributed by atoms with E-state index in [0.29, 0.717) is 0 Å². The van der Waals surface area contributed by atoms with E-state index in [-0.39, 0.29) is 0 Å². The maximum Gasteiger partial charge on any atom is 0.157 e. The fraction of sp³-hybridized carbons (Fsp3) is 0.312. The van der Waals surface area contributed by atoms with Crippen molar-refractivity contribution in [1.29, 1.82) is 0 Å². The number of thiol groups is 1. The van der Waals surface area contributed by atoms with Gasteiger partial charge in [0.1, 0.15) is 5.75 Å². The number of hydrogen-bond acceptors (Lipinski definition) is 5. The highest BCUT2D eigenvalue weighted by atomic mass is 32.1. The van der Waals surface area contributed by atoms with Crippen LogP contribution in [0.5, 0.6) is 5.75 Å². The van der Waals surface area contributed by atoms with Crippen molar-refractivity contribution in [3.05, 3.63) is 36.2 Å². The Morgan fingerprint density at radius 2 is 2.14 bits per heavy atom. The molecule has 0 aliphatic rings. The lowest BCUT2D eigenvalue weighted by atomic mass is 10.0. The highest BCUT2D eigenvalue weighted by Gasteiger charge is 2.15. The van der Waals surface area contributed by atoms with Gasteiger partial charge in [-0.15, -0.1) is 17.7 Å². The summed E-state index contributed by atoms with van der Waals surface area (Å²) in [6.45, 7) is 2.18. The van der Waals surface area contributed by atoms with E-state index in [2.05, 4.69) is 40.9 Å². The summed E-state index contributed by atoms with van der Waals surface area (Å²) in [5, 5.41) is 7.86. The predicted molar refractivity (Wildman–Crippen MR) is 88.6 cm³/mol. The van der Waals surface area contributed by atoms with E-state index in [9.17, 15) is 0 Å². The van der Waals surface area contributed by atoms with E-state index in [1.807, 2.05) is 18.3 Å². The summed E-state index contributed by atoms with van der Waals surface area (Å²) in [6, 6.07) is 5.96. The molecule has 3 rings (SSSR count).